The average molecular weight is 320 g/mol. The van der Waals surface area contributed by atoms with E-state index in [9.17, 15) is 4.79 Å². The lowest BCUT2D eigenvalue weighted by molar-refractivity contribution is -0.142. The quantitative estimate of drug-likeness (QED) is 0.812. The Bertz CT molecular complexity index is 626. The number of aromatic nitrogens is 1. The molecule has 0 bridgehead atoms. The second-order valence-corrected chi connectivity index (χ2v) is 5.66. The molecule has 2 aromatic rings. The molecule has 0 spiro atoms. The van der Waals surface area contributed by atoms with Crippen LogP contribution in [0.1, 0.15) is 0 Å². The molecule has 6 nitrogen and oxygen atoms in total. The van der Waals surface area contributed by atoms with Crippen molar-refractivity contribution < 1.29 is 19.0 Å². The molecule has 1 amide bonds. The van der Waals surface area contributed by atoms with Crippen LogP contribution in [0.15, 0.2) is 35.8 Å². The first kappa shape index (κ1) is 14.6. The van der Waals surface area contributed by atoms with Gasteiger partial charge in [-0.25, -0.2) is 4.98 Å². The van der Waals surface area contributed by atoms with Crippen molar-refractivity contribution in [3.05, 3.63) is 35.8 Å². The van der Waals surface area contributed by atoms with Crippen LogP contribution in [0.25, 0.3) is 0 Å². The molecule has 0 atom stereocenters. The molecular formula is C15H16N2O4S. The van der Waals surface area contributed by atoms with Gasteiger partial charge in [0.25, 0.3) is 11.1 Å². The molecule has 1 fully saturated rings. The van der Waals surface area contributed by atoms with Gasteiger partial charge in [-0.05, 0) is 12.1 Å². The zero-order valence-corrected chi connectivity index (χ0v) is 12.9. The van der Waals surface area contributed by atoms with E-state index in [0.717, 1.165) is 0 Å². The molecule has 116 valence electrons. The van der Waals surface area contributed by atoms with Crippen LogP contribution in [0.5, 0.6) is 16.7 Å². The maximum absolute atomic E-state index is 12.0. The molecule has 0 N–H and O–H groups in total. The smallest absolute Gasteiger partial charge is 0.273 e. The van der Waals surface area contributed by atoms with Crippen LogP contribution >= 0.6 is 11.3 Å². The highest BCUT2D eigenvalue weighted by Crippen LogP contribution is 2.21. The zero-order chi connectivity index (χ0) is 15.4. The van der Waals surface area contributed by atoms with Crippen LogP contribution in [-0.4, -0.2) is 48.7 Å². The molecule has 7 heteroatoms. The minimum Gasteiger partial charge on any atom is -0.497 e. The lowest BCUT2D eigenvalue weighted by Gasteiger charge is -2.38. The van der Waals surface area contributed by atoms with E-state index in [1.54, 1.807) is 30.3 Å². The first-order valence-corrected chi connectivity index (χ1v) is 7.73. The monoisotopic (exact) mass is 320 g/mol. The summed E-state index contributed by atoms with van der Waals surface area (Å²) in [5.41, 5.74) is 0. The van der Waals surface area contributed by atoms with Gasteiger partial charge in [0.15, 0.2) is 6.61 Å². The number of carbonyl (C=O) groups excluding carboxylic acids is 1. The minimum atomic E-state index is -0.0539. The fraction of sp³-hybridized carbons (Fsp3) is 0.333. The number of hydrogen-bond donors (Lipinski definition) is 0. The molecule has 1 aromatic heterocycles. The van der Waals surface area contributed by atoms with Crippen LogP contribution in [-0.2, 0) is 4.79 Å². The molecule has 22 heavy (non-hydrogen) atoms. The lowest BCUT2D eigenvalue weighted by Crippen LogP contribution is -2.57. The van der Waals surface area contributed by atoms with Gasteiger partial charge in [-0.2, -0.15) is 0 Å². The van der Waals surface area contributed by atoms with Crippen molar-refractivity contribution in [3.63, 3.8) is 0 Å². The van der Waals surface area contributed by atoms with E-state index in [4.69, 9.17) is 14.2 Å². The third-order valence-corrected chi connectivity index (χ3v) is 3.94. The van der Waals surface area contributed by atoms with Crippen LogP contribution < -0.4 is 14.2 Å². The molecule has 0 saturated carbocycles. The summed E-state index contributed by atoms with van der Waals surface area (Å²) < 4.78 is 16.2. The molecule has 0 unspecified atom stereocenters. The van der Waals surface area contributed by atoms with E-state index in [2.05, 4.69) is 4.98 Å². The second kappa shape index (κ2) is 6.65. The van der Waals surface area contributed by atoms with Crippen LogP contribution in [0.4, 0.5) is 0 Å². The highest BCUT2D eigenvalue weighted by molar-refractivity contribution is 7.11. The Balaban J connectivity index is 1.42. The SMILES string of the molecule is COc1cccc(OCC(=O)N2CC(Oc3nccs3)C2)c1. The molecule has 0 radical (unpaired) electrons. The summed E-state index contributed by atoms with van der Waals surface area (Å²) in [7, 11) is 1.59. The predicted octanol–water partition coefficient (Wildman–Crippen LogP) is 1.82. The Morgan fingerprint density at radius 3 is 2.95 bits per heavy atom. The number of benzene rings is 1. The summed E-state index contributed by atoms with van der Waals surface area (Å²) in [6.45, 7) is 1.15. The highest BCUT2D eigenvalue weighted by atomic mass is 32.1. The van der Waals surface area contributed by atoms with Crippen molar-refractivity contribution in [3.8, 4) is 16.7 Å². The Kier molecular flexibility index (Phi) is 4.43. The van der Waals surface area contributed by atoms with Gasteiger partial charge >= 0.3 is 0 Å². The Labute approximate surface area is 132 Å². The minimum absolute atomic E-state index is 0.0111. The van der Waals surface area contributed by atoms with E-state index in [1.807, 2.05) is 17.5 Å². The van der Waals surface area contributed by atoms with Crippen molar-refractivity contribution in [1.82, 2.24) is 9.88 Å². The Hall–Kier alpha value is -2.28. The van der Waals surface area contributed by atoms with Gasteiger partial charge in [0, 0.05) is 17.6 Å². The van der Waals surface area contributed by atoms with Gasteiger partial charge in [0.2, 0.25) is 0 Å². The number of hydrogen-bond acceptors (Lipinski definition) is 6. The zero-order valence-electron chi connectivity index (χ0n) is 12.1. The first-order chi connectivity index (χ1) is 10.7. The molecule has 0 aliphatic carbocycles. The van der Waals surface area contributed by atoms with E-state index in [1.165, 1.54) is 11.3 Å². The molecule has 1 saturated heterocycles. The summed E-state index contributed by atoms with van der Waals surface area (Å²) in [5.74, 6) is 1.26. The maximum Gasteiger partial charge on any atom is 0.273 e. The number of methoxy groups -OCH3 is 1. The first-order valence-electron chi connectivity index (χ1n) is 6.85. The number of thiazole rings is 1. The standard InChI is InChI=1S/C15H16N2O4S/c1-19-11-3-2-4-12(7-11)20-10-14(18)17-8-13(9-17)21-15-16-5-6-22-15/h2-7,13H,8-10H2,1H3. The van der Waals surface area contributed by atoms with Gasteiger partial charge in [-0.1, -0.05) is 17.4 Å². The highest BCUT2D eigenvalue weighted by Gasteiger charge is 2.32. The van der Waals surface area contributed by atoms with Crippen molar-refractivity contribution in [2.45, 2.75) is 6.10 Å². The molecule has 1 aliphatic rings. The average Bonchev–Trinajstić information content (AvgIpc) is 3.01. The van der Waals surface area contributed by atoms with Gasteiger partial charge in [-0.15, -0.1) is 0 Å². The number of carbonyl (C=O) groups is 1. The fourth-order valence-corrected chi connectivity index (χ4v) is 2.61. The van der Waals surface area contributed by atoms with Crippen LogP contribution in [0.3, 0.4) is 0 Å². The normalized spacial score (nSPS) is 14.3. The summed E-state index contributed by atoms with van der Waals surface area (Å²) >= 11 is 1.45. The fourth-order valence-electron chi connectivity index (χ4n) is 2.05. The molecule has 3 rings (SSSR count). The number of rotatable bonds is 6. The summed E-state index contributed by atoms with van der Waals surface area (Å²) in [6, 6.07) is 7.18. The van der Waals surface area contributed by atoms with Crippen molar-refractivity contribution in [2.75, 3.05) is 26.8 Å². The van der Waals surface area contributed by atoms with Crippen LogP contribution in [0.2, 0.25) is 0 Å². The number of nitrogens with zero attached hydrogens (tertiary/aromatic N) is 2. The van der Waals surface area contributed by atoms with Gasteiger partial charge in [0.05, 0.1) is 20.2 Å². The summed E-state index contributed by atoms with van der Waals surface area (Å²) in [4.78, 5) is 17.8. The summed E-state index contributed by atoms with van der Waals surface area (Å²) in [5, 5.41) is 2.50. The Morgan fingerprint density at radius 2 is 2.23 bits per heavy atom. The molecule has 2 heterocycles. The Morgan fingerprint density at radius 1 is 1.41 bits per heavy atom. The third kappa shape index (κ3) is 3.48. The van der Waals surface area contributed by atoms with Gasteiger partial charge in [0.1, 0.15) is 17.6 Å². The number of ether oxygens (including phenoxy) is 3. The lowest BCUT2D eigenvalue weighted by atomic mass is 10.1. The van der Waals surface area contributed by atoms with Crippen LogP contribution in [0, 0.1) is 0 Å². The van der Waals surface area contributed by atoms with E-state index < -0.39 is 0 Å². The largest absolute Gasteiger partial charge is 0.497 e. The number of amides is 1. The van der Waals surface area contributed by atoms with Crippen molar-refractivity contribution >= 4 is 17.2 Å². The third-order valence-electron chi connectivity index (χ3n) is 3.28. The van der Waals surface area contributed by atoms with Gasteiger partial charge in [-0.3, -0.25) is 4.79 Å². The molecule has 1 aliphatic heterocycles. The van der Waals surface area contributed by atoms with E-state index in [0.29, 0.717) is 29.8 Å². The maximum atomic E-state index is 12.0. The van der Waals surface area contributed by atoms with E-state index >= 15 is 0 Å². The van der Waals surface area contributed by atoms with E-state index in [-0.39, 0.29) is 18.6 Å². The molecule has 1 aromatic carbocycles. The molecular weight excluding hydrogens is 304 g/mol. The van der Waals surface area contributed by atoms with Crippen molar-refractivity contribution in [2.24, 2.45) is 0 Å². The van der Waals surface area contributed by atoms with Gasteiger partial charge < -0.3 is 19.1 Å². The number of likely N-dealkylation sites (tertiary alicyclic amines) is 1. The van der Waals surface area contributed by atoms with Crippen molar-refractivity contribution in [1.29, 1.82) is 0 Å². The topological polar surface area (TPSA) is 60.9 Å². The second-order valence-electron chi connectivity index (χ2n) is 4.80. The predicted molar refractivity (Wildman–Crippen MR) is 81.6 cm³/mol. The summed E-state index contributed by atoms with van der Waals surface area (Å²) in [6.07, 6.45) is 1.72.